The highest BCUT2D eigenvalue weighted by Crippen LogP contribution is 2.33. The Balaban J connectivity index is 0.00000205. The summed E-state index contributed by atoms with van der Waals surface area (Å²) >= 11 is 0. The molecule has 1 unspecified atom stereocenters. The molecule has 208 valence electrons. The number of rotatable bonds is 6. The number of nitrogens with one attached hydrogen (secondary N) is 1. The van der Waals surface area contributed by atoms with Gasteiger partial charge in [-0.1, -0.05) is 26.0 Å². The Morgan fingerprint density at radius 1 is 1.00 bits per heavy atom. The summed E-state index contributed by atoms with van der Waals surface area (Å²) in [6.07, 6.45) is 5.43. The molecule has 0 aliphatic carbocycles. The van der Waals surface area contributed by atoms with E-state index in [9.17, 15) is 9.00 Å². The number of anilines is 1. The number of hydrogen-bond acceptors (Lipinski definition) is 5. The van der Waals surface area contributed by atoms with Gasteiger partial charge in [-0.15, -0.1) is 0 Å². The van der Waals surface area contributed by atoms with Gasteiger partial charge in [-0.2, -0.15) is 5.10 Å². The maximum absolute atomic E-state index is 12.9. The molecule has 4 aromatic rings. The van der Waals surface area contributed by atoms with Gasteiger partial charge in [0.05, 0.1) is 40.2 Å². The monoisotopic (exact) mass is 548 g/mol. The molecule has 2 heterocycles. The highest BCUT2D eigenvalue weighted by Gasteiger charge is 2.22. The summed E-state index contributed by atoms with van der Waals surface area (Å²) in [5.41, 5.74) is 3.08. The molecule has 0 radical (unpaired) electrons. The number of aromatic nitrogens is 3. The second kappa shape index (κ2) is 12.1. The van der Waals surface area contributed by atoms with Crippen molar-refractivity contribution >= 4 is 33.3 Å². The summed E-state index contributed by atoms with van der Waals surface area (Å²) in [5.74, 6) is 1.22. The number of hydrogen-bond donors (Lipinski definition) is 1. The third-order valence-corrected chi connectivity index (χ3v) is 7.62. The van der Waals surface area contributed by atoms with Gasteiger partial charge in [-0.05, 0) is 89.9 Å². The van der Waals surface area contributed by atoms with Crippen LogP contribution in [-0.2, 0) is 27.6 Å². The fraction of sp³-hybridized carbons (Fsp3) is 0.387. The average molecular weight is 549 g/mol. The lowest BCUT2D eigenvalue weighted by atomic mass is 10.1. The fourth-order valence-electron chi connectivity index (χ4n) is 3.86. The number of carbonyl (C=O) groups excluding carboxylic acids is 1. The molecule has 0 fully saturated rings. The van der Waals surface area contributed by atoms with Gasteiger partial charge in [0.15, 0.2) is 0 Å². The van der Waals surface area contributed by atoms with Gasteiger partial charge < -0.3 is 10.1 Å². The zero-order valence-electron chi connectivity index (χ0n) is 24.5. The topological polar surface area (TPSA) is 86.1 Å². The van der Waals surface area contributed by atoms with Crippen LogP contribution < -0.4 is 10.1 Å². The third kappa shape index (κ3) is 7.53. The van der Waals surface area contributed by atoms with Gasteiger partial charge in [-0.25, -0.2) is 0 Å². The van der Waals surface area contributed by atoms with Gasteiger partial charge in [0.2, 0.25) is 5.91 Å². The lowest BCUT2D eigenvalue weighted by Crippen LogP contribution is -2.22. The number of benzene rings is 2. The van der Waals surface area contributed by atoms with Crippen molar-refractivity contribution in [3.8, 4) is 11.5 Å². The van der Waals surface area contributed by atoms with E-state index in [4.69, 9.17) is 4.74 Å². The van der Waals surface area contributed by atoms with E-state index >= 15 is 0 Å². The van der Waals surface area contributed by atoms with E-state index in [1.807, 2.05) is 94.9 Å². The molecule has 7 nitrogen and oxygen atoms in total. The molecule has 1 atom stereocenters. The van der Waals surface area contributed by atoms with Crippen LogP contribution in [0.1, 0.15) is 66.5 Å². The normalized spacial score (nSPS) is 12.4. The predicted molar refractivity (Wildman–Crippen MR) is 160 cm³/mol. The van der Waals surface area contributed by atoms with Crippen LogP contribution in [0.4, 0.5) is 5.69 Å². The third-order valence-electron chi connectivity index (χ3n) is 5.82. The van der Waals surface area contributed by atoms with Crippen LogP contribution >= 0.6 is 0 Å². The molecule has 0 saturated heterocycles. The number of aryl methyl sites for hydroxylation is 1. The molecule has 0 aliphatic heterocycles. The first-order valence-electron chi connectivity index (χ1n) is 13.2. The van der Waals surface area contributed by atoms with Crippen LogP contribution in [0.15, 0.2) is 66.0 Å². The fourth-order valence-corrected chi connectivity index (χ4v) is 4.98. The van der Waals surface area contributed by atoms with Crippen LogP contribution in [0.2, 0.25) is 0 Å². The number of ether oxygens (including phenoxy) is 1. The number of pyridine rings is 1. The summed E-state index contributed by atoms with van der Waals surface area (Å²) in [7, 11) is -1.17. The first-order valence-corrected chi connectivity index (χ1v) is 14.4. The Labute approximate surface area is 234 Å². The van der Waals surface area contributed by atoms with Crippen LogP contribution in [0.5, 0.6) is 11.5 Å². The van der Waals surface area contributed by atoms with E-state index < -0.39 is 10.8 Å². The van der Waals surface area contributed by atoms with Crippen molar-refractivity contribution in [3.05, 3.63) is 72.2 Å². The largest absolute Gasteiger partial charge is 0.456 e. The molecular weight excluding hydrogens is 508 g/mol. The first kappa shape index (κ1) is 30.0. The number of nitrogens with zero attached hydrogens (tertiary/aromatic N) is 3. The Kier molecular flexibility index (Phi) is 9.33. The Morgan fingerprint density at radius 3 is 2.33 bits per heavy atom. The second-order valence-electron chi connectivity index (χ2n) is 11.1. The Hall–Kier alpha value is -3.52. The molecule has 2 aromatic heterocycles. The molecule has 0 aliphatic rings. The molecule has 39 heavy (non-hydrogen) atoms. The molecule has 0 saturated carbocycles. The van der Waals surface area contributed by atoms with Gasteiger partial charge in [0.1, 0.15) is 11.5 Å². The van der Waals surface area contributed by atoms with Crippen molar-refractivity contribution < 1.29 is 13.7 Å². The van der Waals surface area contributed by atoms with Gasteiger partial charge in [-0.3, -0.25) is 18.7 Å². The Morgan fingerprint density at radius 2 is 1.72 bits per heavy atom. The van der Waals surface area contributed by atoms with E-state index in [1.54, 1.807) is 12.4 Å². The Bertz CT molecular complexity index is 1480. The molecule has 2 aromatic carbocycles. The number of fused-ring (bicyclic) bond motifs is 1. The average Bonchev–Trinajstić information content (AvgIpc) is 3.35. The SMILES string of the molecule is CC.Cc1cc(CC(=O)Nc2cnn(C(C)(C)C)c2)ccc1Oc1ccnc2ccc(S(=O)C(C)(C)C)cc12. The minimum atomic E-state index is -1.17. The minimum Gasteiger partial charge on any atom is -0.456 e. The highest BCUT2D eigenvalue weighted by molar-refractivity contribution is 7.86. The first-order chi connectivity index (χ1) is 18.3. The molecule has 4 rings (SSSR count). The quantitative estimate of drug-likeness (QED) is 0.271. The van der Waals surface area contributed by atoms with Crippen LogP contribution in [0.25, 0.3) is 10.9 Å². The van der Waals surface area contributed by atoms with Crippen LogP contribution in [0, 0.1) is 6.92 Å². The van der Waals surface area contributed by atoms with Crippen LogP contribution in [0.3, 0.4) is 0 Å². The van der Waals surface area contributed by atoms with Crippen molar-refractivity contribution in [2.45, 2.75) is 83.9 Å². The lowest BCUT2D eigenvalue weighted by molar-refractivity contribution is -0.115. The number of carbonyl (C=O) groups is 1. The smallest absolute Gasteiger partial charge is 0.228 e. The van der Waals surface area contributed by atoms with Gasteiger partial charge in [0, 0.05) is 27.4 Å². The minimum absolute atomic E-state index is 0.110. The van der Waals surface area contributed by atoms with E-state index in [0.717, 1.165) is 26.9 Å². The second-order valence-corrected chi connectivity index (χ2v) is 13.4. The molecule has 8 heteroatoms. The summed E-state index contributed by atoms with van der Waals surface area (Å²) in [5, 5.41) is 8.04. The molecule has 0 spiro atoms. The zero-order valence-corrected chi connectivity index (χ0v) is 25.3. The van der Waals surface area contributed by atoms with E-state index in [0.29, 0.717) is 17.2 Å². The molecule has 1 amide bonds. The summed E-state index contributed by atoms with van der Waals surface area (Å²) in [6, 6.07) is 13.2. The summed E-state index contributed by atoms with van der Waals surface area (Å²) in [4.78, 5) is 17.8. The molecule has 0 bridgehead atoms. The van der Waals surface area contributed by atoms with Crippen LogP contribution in [-0.4, -0.2) is 29.6 Å². The molecule has 1 N–H and O–H groups in total. The maximum atomic E-state index is 12.9. The zero-order chi connectivity index (χ0) is 29.0. The summed E-state index contributed by atoms with van der Waals surface area (Å²) in [6.45, 7) is 18.0. The number of amides is 1. The van der Waals surface area contributed by atoms with Crippen molar-refractivity contribution in [2.24, 2.45) is 0 Å². The highest BCUT2D eigenvalue weighted by atomic mass is 32.2. The van der Waals surface area contributed by atoms with Crippen molar-refractivity contribution in [1.29, 1.82) is 0 Å². The summed E-state index contributed by atoms with van der Waals surface area (Å²) < 4.78 is 20.7. The van der Waals surface area contributed by atoms with E-state index in [-0.39, 0.29) is 22.6 Å². The van der Waals surface area contributed by atoms with E-state index in [2.05, 4.69) is 36.2 Å². The van der Waals surface area contributed by atoms with Crippen molar-refractivity contribution in [3.63, 3.8) is 0 Å². The van der Waals surface area contributed by atoms with Gasteiger partial charge >= 0.3 is 0 Å². The van der Waals surface area contributed by atoms with Crippen molar-refractivity contribution in [2.75, 3.05) is 5.32 Å². The van der Waals surface area contributed by atoms with Gasteiger partial charge in [0.25, 0.3) is 0 Å². The van der Waals surface area contributed by atoms with Crippen molar-refractivity contribution in [1.82, 2.24) is 14.8 Å². The maximum Gasteiger partial charge on any atom is 0.228 e. The molecular formula is C31H40N4O3S. The van der Waals surface area contributed by atoms with E-state index in [1.165, 1.54) is 0 Å². The predicted octanol–water partition coefficient (Wildman–Crippen LogP) is 7.40. The standard InChI is InChI=1S/C29H34N4O3S.C2H6/c1-19-14-20(15-27(34)32-21-17-31-33(18-21)28(2,3)4)8-11-25(19)36-26-12-13-30-24-10-9-22(16-23(24)26)37(35)29(5,6)7;1-2/h8-14,16-18H,15H2,1-7H3,(H,32,34);1-2H3. The lowest BCUT2D eigenvalue weighted by Gasteiger charge is -2.18.